The molecule has 3 nitrogen and oxygen atoms in total. The summed E-state index contributed by atoms with van der Waals surface area (Å²) in [7, 11) is -2.96. The molecule has 1 N–H and O–H groups in total. The first kappa shape index (κ1) is 9.02. The van der Waals surface area contributed by atoms with E-state index < -0.39 is 9.73 Å². The van der Waals surface area contributed by atoms with Crippen LogP contribution in [0, 0.1) is 4.78 Å². The lowest BCUT2D eigenvalue weighted by Crippen LogP contribution is -1.97. The van der Waals surface area contributed by atoms with Crippen LogP contribution in [0.4, 0.5) is 0 Å². The molecule has 1 atom stereocenters. The average molecular weight is 207 g/mol. The highest BCUT2D eigenvalue weighted by molar-refractivity contribution is 7.92. The van der Waals surface area contributed by atoms with E-state index in [1.54, 1.807) is 36.4 Å². The number of benzene rings is 1. The van der Waals surface area contributed by atoms with Crippen LogP contribution in [0.15, 0.2) is 63.1 Å². The van der Waals surface area contributed by atoms with Gasteiger partial charge in [-0.15, -0.1) is 0 Å². The third kappa shape index (κ3) is 1.44. The summed E-state index contributed by atoms with van der Waals surface area (Å²) in [5, 5.41) is 0.198. The number of nitrogens with one attached hydrogen (secondary N) is 1. The van der Waals surface area contributed by atoms with Crippen LogP contribution >= 0.6 is 0 Å². The monoisotopic (exact) mass is 207 g/mol. The topological polar surface area (TPSA) is 54.1 Å². The highest BCUT2D eigenvalue weighted by atomic mass is 32.2. The predicted octanol–water partition coefficient (Wildman–Crippen LogP) is 2.74. The van der Waals surface area contributed by atoms with E-state index in [1.807, 2.05) is 6.07 Å². The number of hydrogen-bond donors (Lipinski definition) is 1. The van der Waals surface area contributed by atoms with E-state index in [0.29, 0.717) is 4.90 Å². The smallest absolute Gasteiger partial charge is 0.202 e. The van der Waals surface area contributed by atoms with Gasteiger partial charge in [-0.1, -0.05) is 18.2 Å². The van der Waals surface area contributed by atoms with Crippen LogP contribution in [0.5, 0.6) is 0 Å². The van der Waals surface area contributed by atoms with Crippen molar-refractivity contribution in [2.24, 2.45) is 0 Å². The first-order valence-corrected chi connectivity index (χ1v) is 5.64. The maximum absolute atomic E-state index is 12.0. The molecular formula is C10H9NO2S. The summed E-state index contributed by atoms with van der Waals surface area (Å²) in [6, 6.07) is 11.9. The molecular weight excluding hydrogens is 198 g/mol. The molecule has 0 bridgehead atoms. The molecule has 1 aromatic heterocycles. The molecule has 2 rings (SSSR count). The van der Waals surface area contributed by atoms with Gasteiger partial charge in [0.2, 0.25) is 5.09 Å². The molecule has 0 spiro atoms. The molecule has 0 saturated heterocycles. The van der Waals surface area contributed by atoms with E-state index in [4.69, 9.17) is 9.20 Å². The minimum absolute atomic E-state index is 0.198. The fourth-order valence-electron chi connectivity index (χ4n) is 1.16. The van der Waals surface area contributed by atoms with Gasteiger partial charge in [-0.05, 0) is 24.3 Å². The van der Waals surface area contributed by atoms with Gasteiger partial charge in [0.1, 0.15) is 9.73 Å². The van der Waals surface area contributed by atoms with Gasteiger partial charge in [0.15, 0.2) is 0 Å². The van der Waals surface area contributed by atoms with E-state index in [2.05, 4.69) is 0 Å². The Balaban J connectivity index is 2.55. The Morgan fingerprint density at radius 2 is 1.79 bits per heavy atom. The van der Waals surface area contributed by atoms with Crippen molar-refractivity contribution in [1.29, 1.82) is 4.78 Å². The molecule has 1 aromatic carbocycles. The van der Waals surface area contributed by atoms with Crippen molar-refractivity contribution in [2.45, 2.75) is 9.99 Å². The molecule has 1 unspecified atom stereocenters. The zero-order chi connectivity index (χ0) is 10.0. The maximum Gasteiger partial charge on any atom is 0.202 e. The fraction of sp³-hybridized carbons (Fsp3) is 0. The number of hydrogen-bond acceptors (Lipinski definition) is 3. The molecule has 1 heterocycles. The molecule has 72 valence electrons. The minimum Gasteiger partial charge on any atom is -0.454 e. The summed E-state index contributed by atoms with van der Waals surface area (Å²) in [6.07, 6.45) is 1.42. The molecule has 0 fully saturated rings. The van der Waals surface area contributed by atoms with E-state index >= 15 is 0 Å². The van der Waals surface area contributed by atoms with Gasteiger partial charge in [0.05, 0.1) is 11.2 Å². The van der Waals surface area contributed by atoms with Crippen LogP contribution in [0.1, 0.15) is 0 Å². The van der Waals surface area contributed by atoms with Gasteiger partial charge >= 0.3 is 0 Å². The Hall–Kier alpha value is -1.55. The lowest BCUT2D eigenvalue weighted by atomic mass is 10.4. The largest absolute Gasteiger partial charge is 0.454 e. The summed E-state index contributed by atoms with van der Waals surface area (Å²) < 4.78 is 24.8. The molecule has 0 radical (unpaired) electrons. The average Bonchev–Trinajstić information content (AvgIpc) is 2.72. The van der Waals surface area contributed by atoms with Crippen LogP contribution in [0.3, 0.4) is 0 Å². The standard InChI is InChI=1S/C10H9NO2S/c11-14(12,10-7-4-8-13-10)9-5-2-1-3-6-9/h1-8,11H. The first-order chi connectivity index (χ1) is 6.71. The molecule has 0 aliphatic carbocycles. The molecule has 2 aromatic rings. The van der Waals surface area contributed by atoms with Crippen molar-refractivity contribution >= 4 is 9.73 Å². The highest BCUT2D eigenvalue weighted by Crippen LogP contribution is 2.20. The summed E-state index contributed by atoms with van der Waals surface area (Å²) in [4.78, 5) is 0.468. The van der Waals surface area contributed by atoms with Crippen molar-refractivity contribution in [3.63, 3.8) is 0 Å². The SMILES string of the molecule is N=S(=O)(c1ccccc1)c1ccco1. The first-order valence-electron chi connectivity index (χ1n) is 4.08. The lowest BCUT2D eigenvalue weighted by molar-refractivity contribution is 0.462. The second-order valence-corrected chi connectivity index (χ2v) is 4.79. The van der Waals surface area contributed by atoms with E-state index in [-0.39, 0.29) is 5.09 Å². The highest BCUT2D eigenvalue weighted by Gasteiger charge is 2.14. The Kier molecular flexibility index (Phi) is 2.13. The molecule has 4 heteroatoms. The van der Waals surface area contributed by atoms with Crippen LogP contribution in [0.25, 0.3) is 0 Å². The van der Waals surface area contributed by atoms with Crippen molar-refractivity contribution in [1.82, 2.24) is 0 Å². The van der Waals surface area contributed by atoms with Gasteiger partial charge in [-0.2, -0.15) is 0 Å². The van der Waals surface area contributed by atoms with Gasteiger partial charge in [0, 0.05) is 0 Å². The van der Waals surface area contributed by atoms with Crippen molar-refractivity contribution in [3.05, 3.63) is 48.7 Å². The van der Waals surface area contributed by atoms with Crippen LogP contribution in [-0.2, 0) is 9.73 Å². The van der Waals surface area contributed by atoms with Crippen molar-refractivity contribution in [2.75, 3.05) is 0 Å². The van der Waals surface area contributed by atoms with Crippen molar-refractivity contribution < 1.29 is 8.63 Å². The Morgan fingerprint density at radius 1 is 1.07 bits per heavy atom. The Labute approximate surface area is 82.4 Å². The van der Waals surface area contributed by atoms with Crippen molar-refractivity contribution in [3.8, 4) is 0 Å². The van der Waals surface area contributed by atoms with Gasteiger partial charge < -0.3 is 4.42 Å². The fourth-order valence-corrected chi connectivity index (χ4v) is 2.39. The van der Waals surface area contributed by atoms with E-state index in [9.17, 15) is 4.21 Å². The molecule has 0 saturated carbocycles. The quantitative estimate of drug-likeness (QED) is 0.823. The number of furan rings is 1. The second kappa shape index (κ2) is 3.31. The van der Waals surface area contributed by atoms with Gasteiger partial charge in [-0.3, -0.25) is 0 Å². The Morgan fingerprint density at radius 3 is 2.36 bits per heavy atom. The van der Waals surface area contributed by atoms with Crippen LogP contribution in [0.2, 0.25) is 0 Å². The number of rotatable bonds is 2. The van der Waals surface area contributed by atoms with E-state index in [0.717, 1.165) is 0 Å². The third-order valence-electron chi connectivity index (χ3n) is 1.85. The van der Waals surface area contributed by atoms with Crippen LogP contribution in [-0.4, -0.2) is 4.21 Å². The third-order valence-corrected chi connectivity index (χ3v) is 3.59. The zero-order valence-electron chi connectivity index (χ0n) is 7.34. The summed E-state index contributed by atoms with van der Waals surface area (Å²) in [5.41, 5.74) is 0. The second-order valence-electron chi connectivity index (χ2n) is 2.80. The van der Waals surface area contributed by atoms with Gasteiger partial charge in [0.25, 0.3) is 0 Å². The minimum atomic E-state index is -2.96. The normalized spacial score (nSPS) is 14.9. The molecule has 14 heavy (non-hydrogen) atoms. The molecule has 0 aliphatic heterocycles. The van der Waals surface area contributed by atoms with Gasteiger partial charge in [-0.25, -0.2) is 8.99 Å². The van der Waals surface area contributed by atoms with Crippen LogP contribution < -0.4 is 0 Å². The van der Waals surface area contributed by atoms with E-state index in [1.165, 1.54) is 6.26 Å². The predicted molar refractivity (Wildman–Crippen MR) is 52.5 cm³/mol. The molecule has 0 amide bonds. The summed E-state index contributed by atoms with van der Waals surface area (Å²) >= 11 is 0. The summed E-state index contributed by atoms with van der Waals surface area (Å²) in [6.45, 7) is 0. The zero-order valence-corrected chi connectivity index (χ0v) is 8.16. The molecule has 0 aliphatic rings. The Bertz CT molecular complexity index is 500. The maximum atomic E-state index is 12.0. The lowest BCUT2D eigenvalue weighted by Gasteiger charge is -2.02. The summed E-state index contributed by atoms with van der Waals surface area (Å²) in [5.74, 6) is 0.